The first-order valence-corrected chi connectivity index (χ1v) is 9.58. The number of amides is 2. The number of methoxy groups -OCH3 is 1. The third-order valence-corrected chi connectivity index (χ3v) is 6.04. The Bertz CT molecular complexity index is 641. The molecule has 1 atom stereocenters. The minimum absolute atomic E-state index is 0.0301. The van der Waals surface area contributed by atoms with Gasteiger partial charge in [-0.05, 0) is 45.2 Å². The highest BCUT2D eigenvalue weighted by Crippen LogP contribution is 2.39. The van der Waals surface area contributed by atoms with Crippen LogP contribution < -0.4 is 0 Å². The van der Waals surface area contributed by atoms with Gasteiger partial charge < -0.3 is 19.1 Å². The minimum Gasteiger partial charge on any atom is -0.383 e. The van der Waals surface area contributed by atoms with E-state index in [1.54, 1.807) is 7.11 Å². The SMILES string of the molecule is COCCN1C[C@]2(CCCN(C(=O)C(C)(C)n3cccc3)C2)CCC1=O. The van der Waals surface area contributed by atoms with Crippen LogP contribution in [0.3, 0.4) is 0 Å². The molecule has 0 aliphatic carbocycles. The van der Waals surface area contributed by atoms with E-state index in [1.165, 1.54) is 0 Å². The van der Waals surface area contributed by atoms with Gasteiger partial charge in [0.1, 0.15) is 5.54 Å². The van der Waals surface area contributed by atoms with Gasteiger partial charge in [-0.15, -0.1) is 0 Å². The molecule has 0 bridgehead atoms. The van der Waals surface area contributed by atoms with Crippen molar-refractivity contribution in [1.82, 2.24) is 14.4 Å². The summed E-state index contributed by atoms with van der Waals surface area (Å²) < 4.78 is 7.13. The quantitative estimate of drug-likeness (QED) is 0.807. The maximum atomic E-state index is 13.3. The summed E-state index contributed by atoms with van der Waals surface area (Å²) in [5.41, 5.74) is -0.565. The summed E-state index contributed by atoms with van der Waals surface area (Å²) in [7, 11) is 1.66. The third-order valence-electron chi connectivity index (χ3n) is 6.04. The van der Waals surface area contributed by atoms with Gasteiger partial charge in [0.05, 0.1) is 6.61 Å². The van der Waals surface area contributed by atoms with Crippen molar-refractivity contribution in [3.8, 4) is 0 Å². The molecule has 1 aromatic heterocycles. The van der Waals surface area contributed by atoms with Crippen molar-refractivity contribution in [2.45, 2.75) is 45.1 Å². The summed E-state index contributed by atoms with van der Waals surface area (Å²) in [6, 6.07) is 3.90. The highest BCUT2D eigenvalue weighted by Gasteiger charge is 2.44. The normalized spacial score (nSPS) is 24.3. The van der Waals surface area contributed by atoms with Crippen LogP contribution in [-0.2, 0) is 19.9 Å². The van der Waals surface area contributed by atoms with Crippen molar-refractivity contribution in [2.75, 3.05) is 39.9 Å². The molecule has 6 heteroatoms. The molecule has 1 aromatic rings. The molecule has 3 rings (SSSR count). The lowest BCUT2D eigenvalue weighted by Gasteiger charge is -2.49. The fraction of sp³-hybridized carbons (Fsp3) is 0.700. The number of ether oxygens (including phenoxy) is 1. The van der Waals surface area contributed by atoms with E-state index in [9.17, 15) is 9.59 Å². The molecular formula is C20H31N3O3. The molecule has 3 heterocycles. The second-order valence-electron chi connectivity index (χ2n) is 8.29. The van der Waals surface area contributed by atoms with Crippen LogP contribution in [-0.4, -0.2) is 66.1 Å². The number of hydrogen-bond donors (Lipinski definition) is 0. The number of piperidine rings is 2. The molecule has 6 nitrogen and oxygen atoms in total. The summed E-state index contributed by atoms with van der Waals surface area (Å²) in [5, 5.41) is 0. The Morgan fingerprint density at radius 1 is 1.23 bits per heavy atom. The first-order chi connectivity index (χ1) is 12.4. The van der Waals surface area contributed by atoms with Crippen molar-refractivity contribution in [3.63, 3.8) is 0 Å². The smallest absolute Gasteiger partial charge is 0.248 e. The van der Waals surface area contributed by atoms with E-state index in [0.29, 0.717) is 19.6 Å². The van der Waals surface area contributed by atoms with Gasteiger partial charge in [-0.25, -0.2) is 0 Å². The Kier molecular flexibility index (Phi) is 5.42. The van der Waals surface area contributed by atoms with Crippen LogP contribution >= 0.6 is 0 Å². The summed E-state index contributed by atoms with van der Waals surface area (Å²) in [6.07, 6.45) is 7.43. The van der Waals surface area contributed by atoms with Crippen LogP contribution in [0.5, 0.6) is 0 Å². The lowest BCUT2D eigenvalue weighted by molar-refractivity contribution is -0.147. The molecule has 0 unspecified atom stereocenters. The van der Waals surface area contributed by atoms with Gasteiger partial charge in [-0.3, -0.25) is 9.59 Å². The van der Waals surface area contributed by atoms with Crippen molar-refractivity contribution in [1.29, 1.82) is 0 Å². The van der Waals surface area contributed by atoms with E-state index in [1.807, 2.05) is 52.7 Å². The molecule has 2 aliphatic rings. The summed E-state index contributed by atoms with van der Waals surface area (Å²) in [6.45, 7) is 7.44. The Morgan fingerprint density at radius 2 is 1.96 bits per heavy atom. The number of carbonyl (C=O) groups is 2. The summed E-state index contributed by atoms with van der Waals surface area (Å²) in [5.74, 6) is 0.372. The average Bonchev–Trinajstić information content (AvgIpc) is 3.18. The largest absolute Gasteiger partial charge is 0.383 e. The molecule has 26 heavy (non-hydrogen) atoms. The molecule has 2 saturated heterocycles. The monoisotopic (exact) mass is 361 g/mol. The number of hydrogen-bond acceptors (Lipinski definition) is 3. The lowest BCUT2D eigenvalue weighted by Crippen LogP contribution is -2.58. The fourth-order valence-electron chi connectivity index (χ4n) is 4.43. The average molecular weight is 361 g/mol. The number of rotatable bonds is 5. The number of likely N-dealkylation sites (tertiary alicyclic amines) is 2. The molecule has 0 aromatic carbocycles. The highest BCUT2D eigenvalue weighted by atomic mass is 16.5. The Morgan fingerprint density at radius 3 is 2.65 bits per heavy atom. The lowest BCUT2D eigenvalue weighted by atomic mass is 9.73. The van der Waals surface area contributed by atoms with Crippen LogP contribution in [0.2, 0.25) is 0 Å². The van der Waals surface area contributed by atoms with Gasteiger partial charge in [0.15, 0.2) is 0 Å². The van der Waals surface area contributed by atoms with Gasteiger partial charge in [0.2, 0.25) is 11.8 Å². The van der Waals surface area contributed by atoms with Crippen LogP contribution in [0.15, 0.2) is 24.5 Å². The molecule has 0 radical (unpaired) electrons. The second kappa shape index (κ2) is 7.43. The molecule has 2 amide bonds. The number of nitrogens with zero attached hydrogens (tertiary/aromatic N) is 3. The van der Waals surface area contributed by atoms with Crippen LogP contribution in [0.4, 0.5) is 0 Å². The Balaban J connectivity index is 1.72. The summed E-state index contributed by atoms with van der Waals surface area (Å²) in [4.78, 5) is 29.5. The van der Waals surface area contributed by atoms with Gasteiger partial charge >= 0.3 is 0 Å². The summed E-state index contributed by atoms with van der Waals surface area (Å²) >= 11 is 0. The Labute approximate surface area is 156 Å². The van der Waals surface area contributed by atoms with Crippen molar-refractivity contribution in [3.05, 3.63) is 24.5 Å². The zero-order chi connectivity index (χ0) is 18.8. The van der Waals surface area contributed by atoms with E-state index in [2.05, 4.69) is 0 Å². The van der Waals surface area contributed by atoms with E-state index in [-0.39, 0.29) is 17.2 Å². The van der Waals surface area contributed by atoms with Crippen LogP contribution in [0, 0.1) is 5.41 Å². The van der Waals surface area contributed by atoms with Gasteiger partial charge in [-0.2, -0.15) is 0 Å². The molecule has 0 N–H and O–H groups in total. The zero-order valence-corrected chi connectivity index (χ0v) is 16.2. The molecular weight excluding hydrogens is 330 g/mol. The van der Waals surface area contributed by atoms with E-state index >= 15 is 0 Å². The van der Waals surface area contributed by atoms with E-state index < -0.39 is 5.54 Å². The second-order valence-corrected chi connectivity index (χ2v) is 8.29. The topological polar surface area (TPSA) is 54.8 Å². The van der Waals surface area contributed by atoms with Crippen LogP contribution in [0.25, 0.3) is 0 Å². The number of carbonyl (C=O) groups excluding carboxylic acids is 2. The number of aromatic nitrogens is 1. The molecule has 1 spiro atoms. The molecule has 144 valence electrons. The fourth-order valence-corrected chi connectivity index (χ4v) is 4.43. The van der Waals surface area contributed by atoms with Crippen molar-refractivity contribution < 1.29 is 14.3 Å². The van der Waals surface area contributed by atoms with E-state index in [4.69, 9.17) is 4.74 Å². The third kappa shape index (κ3) is 3.65. The van der Waals surface area contributed by atoms with Crippen LogP contribution in [0.1, 0.15) is 39.5 Å². The predicted molar refractivity (Wildman–Crippen MR) is 99.7 cm³/mol. The standard InChI is InChI=1S/C20H31N3O3/c1-19(2,23-11-4-5-12-23)18(25)22-10-6-8-20(16-22)9-7-17(24)21(15-20)13-14-26-3/h4-5,11-12H,6-10,13-16H2,1-3H3/t20-/m0/s1. The maximum absolute atomic E-state index is 13.3. The predicted octanol–water partition coefficient (Wildman–Crippen LogP) is 2.10. The van der Waals surface area contributed by atoms with Gasteiger partial charge in [-0.1, -0.05) is 0 Å². The highest BCUT2D eigenvalue weighted by molar-refractivity contribution is 5.84. The first-order valence-electron chi connectivity index (χ1n) is 9.58. The zero-order valence-electron chi connectivity index (χ0n) is 16.2. The van der Waals surface area contributed by atoms with Gasteiger partial charge in [0, 0.05) is 57.5 Å². The molecule has 2 aliphatic heterocycles. The maximum Gasteiger partial charge on any atom is 0.248 e. The van der Waals surface area contributed by atoms with Crippen molar-refractivity contribution in [2.24, 2.45) is 5.41 Å². The molecule has 0 saturated carbocycles. The first kappa shape index (κ1) is 19.0. The Hall–Kier alpha value is -1.82. The molecule has 2 fully saturated rings. The van der Waals surface area contributed by atoms with Gasteiger partial charge in [0.25, 0.3) is 0 Å². The van der Waals surface area contributed by atoms with Crippen molar-refractivity contribution >= 4 is 11.8 Å². The minimum atomic E-state index is -0.595. The van der Waals surface area contributed by atoms with E-state index in [0.717, 1.165) is 38.9 Å².